The van der Waals surface area contributed by atoms with Crippen molar-refractivity contribution in [2.75, 3.05) is 7.05 Å². The SMILES string of the molecule is Cc1ccc(S(=O)(=O)N(C)Cc2ccc(C(=O)NN=Cc3ccccc3)cc2)cc1. The van der Waals surface area contributed by atoms with Crippen LogP contribution in [0.15, 0.2) is 88.9 Å². The van der Waals surface area contributed by atoms with E-state index < -0.39 is 10.0 Å². The minimum Gasteiger partial charge on any atom is -0.267 e. The van der Waals surface area contributed by atoms with Crippen molar-refractivity contribution >= 4 is 22.1 Å². The van der Waals surface area contributed by atoms with E-state index in [1.807, 2.05) is 37.3 Å². The summed E-state index contributed by atoms with van der Waals surface area (Å²) in [6.07, 6.45) is 1.57. The fourth-order valence-corrected chi connectivity index (χ4v) is 3.92. The Bertz CT molecular complexity index is 1120. The van der Waals surface area contributed by atoms with Crippen molar-refractivity contribution in [2.45, 2.75) is 18.4 Å². The molecule has 0 saturated carbocycles. The first kappa shape index (κ1) is 21.4. The lowest BCUT2D eigenvalue weighted by Gasteiger charge is -2.17. The van der Waals surface area contributed by atoms with Crippen molar-refractivity contribution in [2.24, 2.45) is 5.10 Å². The molecular weight excluding hydrogens is 398 g/mol. The highest BCUT2D eigenvalue weighted by molar-refractivity contribution is 7.89. The summed E-state index contributed by atoms with van der Waals surface area (Å²) in [7, 11) is -2.05. The van der Waals surface area contributed by atoms with Crippen LogP contribution in [0.25, 0.3) is 0 Å². The largest absolute Gasteiger partial charge is 0.271 e. The second-order valence-corrected chi connectivity index (χ2v) is 8.93. The van der Waals surface area contributed by atoms with Crippen LogP contribution in [0.1, 0.15) is 27.0 Å². The molecule has 3 rings (SSSR count). The molecule has 0 aromatic heterocycles. The van der Waals surface area contributed by atoms with Crippen molar-refractivity contribution in [3.05, 3.63) is 101 Å². The highest BCUT2D eigenvalue weighted by atomic mass is 32.2. The molecule has 1 amide bonds. The van der Waals surface area contributed by atoms with Gasteiger partial charge in [-0.3, -0.25) is 4.79 Å². The van der Waals surface area contributed by atoms with Crippen LogP contribution in [0.4, 0.5) is 0 Å². The Hall–Kier alpha value is -3.29. The van der Waals surface area contributed by atoms with E-state index >= 15 is 0 Å². The summed E-state index contributed by atoms with van der Waals surface area (Å²) < 4.78 is 26.7. The van der Waals surface area contributed by atoms with Gasteiger partial charge in [-0.05, 0) is 42.3 Å². The summed E-state index contributed by atoms with van der Waals surface area (Å²) in [4.78, 5) is 12.5. The van der Waals surface area contributed by atoms with Crippen molar-refractivity contribution in [1.82, 2.24) is 9.73 Å². The van der Waals surface area contributed by atoms with Crippen LogP contribution in [0.2, 0.25) is 0 Å². The van der Waals surface area contributed by atoms with Gasteiger partial charge in [0.15, 0.2) is 0 Å². The third-order valence-corrected chi connectivity index (χ3v) is 6.35. The van der Waals surface area contributed by atoms with Gasteiger partial charge in [0, 0.05) is 19.2 Å². The Morgan fingerprint density at radius 3 is 2.23 bits per heavy atom. The second kappa shape index (κ2) is 9.47. The predicted molar refractivity (Wildman–Crippen MR) is 118 cm³/mol. The van der Waals surface area contributed by atoms with Gasteiger partial charge in [-0.15, -0.1) is 0 Å². The van der Waals surface area contributed by atoms with Crippen molar-refractivity contribution < 1.29 is 13.2 Å². The smallest absolute Gasteiger partial charge is 0.267 e. The molecule has 0 unspecified atom stereocenters. The maximum Gasteiger partial charge on any atom is 0.271 e. The number of benzene rings is 3. The second-order valence-electron chi connectivity index (χ2n) is 6.88. The van der Waals surface area contributed by atoms with Crippen molar-refractivity contribution in [3.63, 3.8) is 0 Å². The molecule has 0 aliphatic rings. The Morgan fingerprint density at radius 2 is 1.60 bits per heavy atom. The molecule has 154 valence electrons. The molecule has 7 heteroatoms. The number of carbonyl (C=O) groups is 1. The van der Waals surface area contributed by atoms with E-state index in [4.69, 9.17) is 0 Å². The molecule has 3 aromatic rings. The number of nitrogens with zero attached hydrogens (tertiary/aromatic N) is 2. The Morgan fingerprint density at radius 1 is 0.967 bits per heavy atom. The summed E-state index contributed by atoms with van der Waals surface area (Å²) in [5.74, 6) is -0.339. The lowest BCUT2D eigenvalue weighted by Crippen LogP contribution is -2.26. The molecule has 0 saturated heterocycles. The highest BCUT2D eigenvalue weighted by Crippen LogP contribution is 2.17. The maximum absolute atomic E-state index is 12.7. The standard InChI is InChI=1S/C23H23N3O3S/c1-18-8-14-22(15-9-18)30(28,29)26(2)17-20-10-12-21(13-11-20)23(27)25-24-16-19-6-4-3-5-7-19/h3-16H,17H2,1-2H3,(H,25,27). The zero-order chi connectivity index (χ0) is 21.6. The fraction of sp³-hybridized carbons (Fsp3) is 0.130. The van der Waals surface area contributed by atoms with Crippen LogP contribution in [0, 0.1) is 6.92 Å². The first-order valence-electron chi connectivity index (χ1n) is 9.37. The number of rotatable bonds is 7. The van der Waals surface area contributed by atoms with E-state index in [-0.39, 0.29) is 17.3 Å². The van der Waals surface area contributed by atoms with Crippen LogP contribution < -0.4 is 5.43 Å². The number of amides is 1. The summed E-state index contributed by atoms with van der Waals surface area (Å²) >= 11 is 0. The van der Waals surface area contributed by atoms with E-state index in [9.17, 15) is 13.2 Å². The van der Waals surface area contributed by atoms with E-state index in [0.29, 0.717) is 5.56 Å². The fourth-order valence-electron chi connectivity index (χ4n) is 2.76. The summed E-state index contributed by atoms with van der Waals surface area (Å²) in [6, 6.07) is 22.9. The van der Waals surface area contributed by atoms with Crippen molar-refractivity contribution in [1.29, 1.82) is 0 Å². The van der Waals surface area contributed by atoms with Gasteiger partial charge < -0.3 is 0 Å². The van der Waals surface area contributed by atoms with Gasteiger partial charge in [-0.25, -0.2) is 13.8 Å². The number of hydrogen-bond donors (Lipinski definition) is 1. The van der Waals surface area contributed by atoms with Gasteiger partial charge in [-0.2, -0.15) is 9.41 Å². The van der Waals surface area contributed by atoms with Crippen LogP contribution in [0.5, 0.6) is 0 Å². The number of aryl methyl sites for hydroxylation is 1. The minimum atomic E-state index is -3.58. The quantitative estimate of drug-likeness (QED) is 0.468. The van der Waals surface area contributed by atoms with E-state index in [1.54, 1.807) is 54.7 Å². The molecule has 1 N–H and O–H groups in total. The van der Waals surface area contributed by atoms with Gasteiger partial charge in [-0.1, -0.05) is 60.2 Å². The third-order valence-electron chi connectivity index (χ3n) is 4.53. The van der Waals surface area contributed by atoms with Gasteiger partial charge in [0.05, 0.1) is 11.1 Å². The number of hydrazone groups is 1. The minimum absolute atomic E-state index is 0.199. The van der Waals surface area contributed by atoms with Crippen molar-refractivity contribution in [3.8, 4) is 0 Å². The maximum atomic E-state index is 12.7. The van der Waals surface area contributed by atoms with E-state index in [2.05, 4.69) is 10.5 Å². The molecule has 0 spiro atoms. The molecule has 0 aliphatic carbocycles. The predicted octanol–water partition coefficient (Wildman–Crippen LogP) is 3.58. The van der Waals surface area contributed by atoms with E-state index in [1.165, 1.54) is 11.4 Å². The van der Waals surface area contributed by atoms with Gasteiger partial charge >= 0.3 is 0 Å². The zero-order valence-corrected chi connectivity index (χ0v) is 17.6. The van der Waals surface area contributed by atoms with Crippen LogP contribution in [-0.2, 0) is 16.6 Å². The van der Waals surface area contributed by atoms with Crippen LogP contribution in [-0.4, -0.2) is 31.9 Å². The Kier molecular flexibility index (Phi) is 6.76. The Balaban J connectivity index is 1.61. The molecule has 30 heavy (non-hydrogen) atoms. The lowest BCUT2D eigenvalue weighted by atomic mass is 10.1. The first-order valence-corrected chi connectivity index (χ1v) is 10.8. The van der Waals surface area contributed by atoms with E-state index in [0.717, 1.165) is 16.7 Å². The molecule has 0 fully saturated rings. The third kappa shape index (κ3) is 5.40. The molecular formula is C23H23N3O3S. The van der Waals surface area contributed by atoms with Crippen LogP contribution in [0.3, 0.4) is 0 Å². The molecule has 0 radical (unpaired) electrons. The summed E-state index contributed by atoms with van der Waals surface area (Å²) in [5.41, 5.74) is 5.57. The Labute approximate surface area is 176 Å². The number of carbonyl (C=O) groups excluding carboxylic acids is 1. The number of nitrogens with one attached hydrogen (secondary N) is 1. The highest BCUT2D eigenvalue weighted by Gasteiger charge is 2.20. The van der Waals surface area contributed by atoms with Gasteiger partial charge in [0.2, 0.25) is 10.0 Å². The lowest BCUT2D eigenvalue weighted by molar-refractivity contribution is 0.0955. The molecule has 3 aromatic carbocycles. The molecule has 0 heterocycles. The summed E-state index contributed by atoms with van der Waals surface area (Å²) in [5, 5.41) is 3.95. The first-order chi connectivity index (χ1) is 14.4. The molecule has 6 nitrogen and oxygen atoms in total. The number of hydrogen-bond acceptors (Lipinski definition) is 4. The average Bonchev–Trinajstić information content (AvgIpc) is 2.75. The van der Waals surface area contributed by atoms with Gasteiger partial charge in [0.1, 0.15) is 0 Å². The van der Waals surface area contributed by atoms with Gasteiger partial charge in [0.25, 0.3) is 5.91 Å². The molecule has 0 bridgehead atoms. The summed E-state index contributed by atoms with van der Waals surface area (Å²) in [6.45, 7) is 2.11. The number of sulfonamides is 1. The normalized spacial score (nSPS) is 11.7. The average molecular weight is 422 g/mol. The molecule has 0 atom stereocenters. The van der Waals surface area contributed by atoms with Crippen LogP contribution >= 0.6 is 0 Å². The molecule has 0 aliphatic heterocycles. The monoisotopic (exact) mass is 421 g/mol. The topological polar surface area (TPSA) is 78.8 Å². The zero-order valence-electron chi connectivity index (χ0n) is 16.8.